The van der Waals surface area contributed by atoms with Crippen molar-refractivity contribution in [2.45, 2.75) is 6.54 Å². The molecule has 1 amide bonds. The van der Waals surface area contributed by atoms with E-state index < -0.39 is 0 Å². The van der Waals surface area contributed by atoms with Crippen molar-refractivity contribution < 1.29 is 4.79 Å². The largest absolute Gasteiger partial charge is 0.337 e. The maximum Gasteiger partial charge on any atom is 0.267 e. The lowest BCUT2D eigenvalue weighted by molar-refractivity contribution is 0.0790. The van der Waals surface area contributed by atoms with Gasteiger partial charge in [-0.1, -0.05) is 16.3 Å². The van der Waals surface area contributed by atoms with Crippen LogP contribution in [0.4, 0.5) is 0 Å². The molecule has 0 aliphatic carbocycles. The number of rotatable bonds is 3. The number of hydrogen-bond acceptors (Lipinski definition) is 6. The number of carbonyl (C=O) groups excluding carboxylic acids is 1. The Bertz CT molecular complexity index is 609. The second kappa shape index (κ2) is 6.43. The molecule has 0 bridgehead atoms. The van der Waals surface area contributed by atoms with Crippen molar-refractivity contribution in [1.29, 1.82) is 0 Å². The maximum absolute atomic E-state index is 12.0. The number of carbonyl (C=O) groups is 1. The molecule has 98 valence electrons. The highest BCUT2D eigenvalue weighted by molar-refractivity contribution is 7.10. The first-order chi connectivity index (χ1) is 9.20. The molecule has 2 heterocycles. The molecule has 2 aromatic heterocycles. The van der Waals surface area contributed by atoms with Crippen LogP contribution in [0.25, 0.3) is 0 Å². The van der Waals surface area contributed by atoms with Gasteiger partial charge < -0.3 is 10.6 Å². The molecule has 0 saturated heterocycles. The van der Waals surface area contributed by atoms with Crippen molar-refractivity contribution in [1.82, 2.24) is 14.5 Å². The Morgan fingerprint density at radius 2 is 2.42 bits per heavy atom. The molecule has 0 radical (unpaired) electrons. The third-order valence-corrected chi connectivity index (χ3v) is 3.85. The van der Waals surface area contributed by atoms with Gasteiger partial charge in [-0.05, 0) is 28.5 Å². The van der Waals surface area contributed by atoms with E-state index in [9.17, 15) is 4.79 Å². The van der Waals surface area contributed by atoms with Gasteiger partial charge in [0.25, 0.3) is 5.91 Å². The zero-order chi connectivity index (χ0) is 13.7. The number of hydrogen-bond donors (Lipinski definition) is 1. The lowest BCUT2D eigenvalue weighted by Crippen LogP contribution is -2.25. The van der Waals surface area contributed by atoms with Gasteiger partial charge in [0.2, 0.25) is 0 Å². The maximum atomic E-state index is 12.0. The summed E-state index contributed by atoms with van der Waals surface area (Å²) in [7, 11) is 1.75. The van der Waals surface area contributed by atoms with Crippen LogP contribution < -0.4 is 5.73 Å². The fraction of sp³-hybridized carbons (Fsp3) is 0.250. The standard InChI is InChI=1S/C12H12N4OS2/c1-16(12(17)11-6-14-15-19-11)7-9-5-10(18-8-9)3-2-4-13/h5-6,8H,4,7,13H2,1H3. The third kappa shape index (κ3) is 3.61. The molecule has 2 aromatic rings. The van der Waals surface area contributed by atoms with Crippen molar-refractivity contribution in [2.24, 2.45) is 5.73 Å². The number of amides is 1. The van der Waals surface area contributed by atoms with Crippen molar-refractivity contribution in [2.75, 3.05) is 13.6 Å². The van der Waals surface area contributed by atoms with Gasteiger partial charge in [-0.25, -0.2) is 0 Å². The van der Waals surface area contributed by atoms with Gasteiger partial charge in [0.05, 0.1) is 17.6 Å². The van der Waals surface area contributed by atoms with Gasteiger partial charge >= 0.3 is 0 Å². The minimum Gasteiger partial charge on any atom is -0.337 e. The van der Waals surface area contributed by atoms with Crippen LogP contribution in [0.15, 0.2) is 17.6 Å². The van der Waals surface area contributed by atoms with Gasteiger partial charge in [0, 0.05) is 13.6 Å². The first kappa shape index (κ1) is 13.7. The van der Waals surface area contributed by atoms with Gasteiger partial charge in [-0.15, -0.1) is 16.4 Å². The zero-order valence-corrected chi connectivity index (χ0v) is 11.9. The molecule has 0 spiro atoms. The van der Waals surface area contributed by atoms with Crippen molar-refractivity contribution in [3.05, 3.63) is 33.0 Å². The highest BCUT2D eigenvalue weighted by Gasteiger charge is 2.14. The summed E-state index contributed by atoms with van der Waals surface area (Å²) >= 11 is 2.65. The van der Waals surface area contributed by atoms with E-state index in [1.54, 1.807) is 23.3 Å². The smallest absolute Gasteiger partial charge is 0.267 e. The SMILES string of the molecule is CN(Cc1csc(C#CCN)c1)C(=O)c1cnns1. The summed E-state index contributed by atoms with van der Waals surface area (Å²) in [5, 5.41) is 5.66. The minimum atomic E-state index is -0.0733. The Labute approximate surface area is 119 Å². The fourth-order valence-electron chi connectivity index (χ4n) is 1.46. The van der Waals surface area contributed by atoms with Crippen LogP contribution in [0.3, 0.4) is 0 Å². The predicted octanol–water partition coefficient (Wildman–Crippen LogP) is 1.18. The molecule has 0 fully saturated rings. The molecule has 7 heteroatoms. The highest BCUT2D eigenvalue weighted by atomic mass is 32.1. The van der Waals surface area contributed by atoms with Crippen LogP contribution in [0, 0.1) is 11.8 Å². The van der Waals surface area contributed by atoms with Crippen molar-refractivity contribution in [3.8, 4) is 11.8 Å². The molecule has 2 rings (SSSR count). The fourth-order valence-corrected chi connectivity index (χ4v) is 2.74. The van der Waals surface area contributed by atoms with E-state index in [4.69, 9.17) is 5.73 Å². The van der Waals surface area contributed by atoms with Crippen LogP contribution in [0.2, 0.25) is 0 Å². The molecule has 19 heavy (non-hydrogen) atoms. The Morgan fingerprint density at radius 3 is 3.11 bits per heavy atom. The summed E-state index contributed by atoms with van der Waals surface area (Å²) in [6.07, 6.45) is 1.48. The molecule has 0 unspecified atom stereocenters. The molecule has 2 N–H and O–H groups in total. The van der Waals surface area contributed by atoms with Gasteiger partial charge in [0.15, 0.2) is 0 Å². The van der Waals surface area contributed by atoms with Crippen molar-refractivity contribution in [3.63, 3.8) is 0 Å². The minimum absolute atomic E-state index is 0.0733. The summed E-state index contributed by atoms with van der Waals surface area (Å²) in [5.74, 6) is 5.71. The van der Waals surface area contributed by atoms with E-state index in [0.29, 0.717) is 18.0 Å². The zero-order valence-electron chi connectivity index (χ0n) is 10.3. The number of thiophene rings is 1. The first-order valence-corrected chi connectivity index (χ1v) is 7.15. The second-order valence-electron chi connectivity index (χ2n) is 3.77. The van der Waals surface area contributed by atoms with E-state index >= 15 is 0 Å². The summed E-state index contributed by atoms with van der Waals surface area (Å²) < 4.78 is 3.69. The number of aromatic nitrogens is 2. The van der Waals surface area contributed by atoms with Crippen LogP contribution in [0.1, 0.15) is 20.1 Å². The number of nitrogens with two attached hydrogens (primary N) is 1. The summed E-state index contributed by atoms with van der Waals surface area (Å²) in [6, 6.07) is 1.97. The van der Waals surface area contributed by atoms with E-state index in [1.165, 1.54) is 6.20 Å². The third-order valence-electron chi connectivity index (χ3n) is 2.31. The van der Waals surface area contributed by atoms with Crippen LogP contribution in [-0.2, 0) is 6.54 Å². The predicted molar refractivity (Wildman–Crippen MR) is 76.0 cm³/mol. The Kier molecular flexibility index (Phi) is 4.63. The summed E-state index contributed by atoms with van der Waals surface area (Å²) in [6.45, 7) is 0.890. The van der Waals surface area contributed by atoms with Crippen molar-refractivity contribution >= 4 is 28.8 Å². The van der Waals surface area contributed by atoms with E-state index in [2.05, 4.69) is 21.4 Å². The molecule has 0 aliphatic heterocycles. The second-order valence-corrected chi connectivity index (χ2v) is 5.47. The van der Waals surface area contributed by atoms with Gasteiger partial charge in [0.1, 0.15) is 4.88 Å². The normalized spacial score (nSPS) is 9.79. The van der Waals surface area contributed by atoms with Gasteiger partial charge in [-0.3, -0.25) is 4.79 Å². The van der Waals surface area contributed by atoms with Crippen LogP contribution in [0.5, 0.6) is 0 Å². The lowest BCUT2D eigenvalue weighted by atomic mass is 10.3. The van der Waals surface area contributed by atoms with E-state index in [-0.39, 0.29) is 5.91 Å². The average molecular weight is 292 g/mol. The molecule has 0 saturated carbocycles. The van der Waals surface area contributed by atoms with Crippen LogP contribution >= 0.6 is 22.9 Å². The molecule has 0 atom stereocenters. The molecule has 5 nitrogen and oxygen atoms in total. The molecular weight excluding hydrogens is 280 g/mol. The molecular formula is C12H12N4OS2. The van der Waals surface area contributed by atoms with Gasteiger partial charge in [-0.2, -0.15) is 0 Å². The topological polar surface area (TPSA) is 72.1 Å². The highest BCUT2D eigenvalue weighted by Crippen LogP contribution is 2.16. The van der Waals surface area contributed by atoms with Crippen LogP contribution in [-0.4, -0.2) is 34.0 Å². The molecule has 0 aromatic carbocycles. The lowest BCUT2D eigenvalue weighted by Gasteiger charge is -2.14. The quantitative estimate of drug-likeness (QED) is 0.862. The Balaban J connectivity index is 2.01. The number of nitrogens with zero attached hydrogens (tertiary/aromatic N) is 3. The molecule has 0 aliphatic rings. The summed E-state index contributed by atoms with van der Waals surface area (Å²) in [4.78, 5) is 15.1. The first-order valence-electron chi connectivity index (χ1n) is 5.50. The Hall–Kier alpha value is -1.75. The summed E-state index contributed by atoms with van der Waals surface area (Å²) in [5.41, 5.74) is 6.38. The Morgan fingerprint density at radius 1 is 1.58 bits per heavy atom. The average Bonchev–Trinajstić information content (AvgIpc) is 3.06. The van der Waals surface area contributed by atoms with E-state index in [1.807, 2.05) is 11.4 Å². The van der Waals surface area contributed by atoms with E-state index in [0.717, 1.165) is 22.0 Å². The monoisotopic (exact) mass is 292 g/mol.